The van der Waals surface area contributed by atoms with E-state index in [2.05, 4.69) is 20.2 Å². The molecular formula is C15H27IN6O2. The Balaban J connectivity index is 0.00000208. The second kappa shape index (κ2) is 9.52. The number of guanidine groups is 1. The monoisotopic (exact) mass is 450 g/mol. The van der Waals surface area contributed by atoms with Crippen molar-refractivity contribution in [2.24, 2.45) is 10.7 Å². The van der Waals surface area contributed by atoms with Gasteiger partial charge in [-0.05, 0) is 12.8 Å². The zero-order valence-corrected chi connectivity index (χ0v) is 16.5. The first-order chi connectivity index (χ1) is 11.3. The van der Waals surface area contributed by atoms with Crippen LogP contribution in [0.4, 0.5) is 0 Å². The molecule has 2 aliphatic heterocycles. The third-order valence-electron chi connectivity index (χ3n) is 4.53. The Labute approximate surface area is 159 Å². The highest BCUT2D eigenvalue weighted by Crippen LogP contribution is 2.21. The molecule has 0 saturated carbocycles. The molecule has 0 aliphatic carbocycles. The normalized spacial score (nSPS) is 25.4. The van der Waals surface area contributed by atoms with Gasteiger partial charge in [0, 0.05) is 20.2 Å². The molecule has 1 aromatic heterocycles. The average molecular weight is 450 g/mol. The fourth-order valence-corrected chi connectivity index (χ4v) is 3.10. The van der Waals surface area contributed by atoms with Crippen LogP contribution < -0.4 is 5.73 Å². The van der Waals surface area contributed by atoms with Crippen molar-refractivity contribution in [2.75, 3.05) is 33.4 Å². The van der Waals surface area contributed by atoms with Gasteiger partial charge in [-0.1, -0.05) is 18.1 Å². The van der Waals surface area contributed by atoms with Gasteiger partial charge in [0.05, 0.1) is 26.0 Å². The molecule has 24 heavy (non-hydrogen) atoms. The molecule has 0 aromatic carbocycles. The van der Waals surface area contributed by atoms with Crippen molar-refractivity contribution in [3.05, 3.63) is 11.9 Å². The second-order valence-electron chi connectivity index (χ2n) is 6.14. The van der Waals surface area contributed by atoms with Crippen molar-refractivity contribution in [3.8, 4) is 0 Å². The van der Waals surface area contributed by atoms with Crippen LogP contribution in [-0.2, 0) is 16.0 Å². The Kier molecular flexibility index (Phi) is 7.69. The molecule has 9 heteroatoms. The molecule has 0 spiro atoms. The molecule has 0 radical (unpaired) electrons. The van der Waals surface area contributed by atoms with Crippen molar-refractivity contribution in [1.82, 2.24) is 19.9 Å². The molecule has 2 aliphatic rings. The van der Waals surface area contributed by atoms with E-state index < -0.39 is 0 Å². The lowest BCUT2D eigenvalue weighted by Gasteiger charge is -2.20. The molecular weight excluding hydrogens is 423 g/mol. The van der Waals surface area contributed by atoms with Gasteiger partial charge in [-0.25, -0.2) is 9.67 Å². The molecule has 8 nitrogen and oxygen atoms in total. The molecule has 0 unspecified atom stereocenters. The van der Waals surface area contributed by atoms with Gasteiger partial charge >= 0.3 is 0 Å². The van der Waals surface area contributed by atoms with E-state index in [9.17, 15) is 0 Å². The Morgan fingerprint density at radius 2 is 2.08 bits per heavy atom. The topological polar surface area (TPSA) is 90.8 Å². The lowest BCUT2D eigenvalue weighted by Crippen LogP contribution is -2.38. The number of likely N-dealkylation sites (tertiary alicyclic amines) is 1. The predicted molar refractivity (Wildman–Crippen MR) is 101 cm³/mol. The fourth-order valence-electron chi connectivity index (χ4n) is 3.10. The summed E-state index contributed by atoms with van der Waals surface area (Å²) < 4.78 is 12.7. The minimum atomic E-state index is 0. The first-order valence-corrected chi connectivity index (χ1v) is 8.34. The maximum Gasteiger partial charge on any atom is 0.191 e. The van der Waals surface area contributed by atoms with E-state index in [-0.39, 0.29) is 36.1 Å². The number of aromatic nitrogens is 3. The largest absolute Gasteiger partial charge is 0.377 e. The molecule has 2 atom stereocenters. The van der Waals surface area contributed by atoms with Gasteiger partial charge in [0.1, 0.15) is 17.8 Å². The summed E-state index contributed by atoms with van der Waals surface area (Å²) in [5, 5.41) is 8.37. The molecule has 2 N–H and O–H groups in total. The van der Waals surface area contributed by atoms with Crippen molar-refractivity contribution < 1.29 is 9.47 Å². The summed E-state index contributed by atoms with van der Waals surface area (Å²) in [6, 6.07) is 0.0770. The highest BCUT2D eigenvalue weighted by molar-refractivity contribution is 14.0. The van der Waals surface area contributed by atoms with Gasteiger partial charge in [0.25, 0.3) is 0 Å². The Hall–Kier alpha value is -0.940. The summed E-state index contributed by atoms with van der Waals surface area (Å²) in [6.45, 7) is 3.64. The standard InChI is InChI=1S/C15H26N6O2.HI/c1-22-14-11-23-10-13(14)21-9-12(18-19-21)8-17-15(16)20-6-4-2-3-5-7-20;/h9,13-14H,2-8,10-11H2,1H3,(H2,16,17);1H/t13-,14-;/m1./s1. The van der Waals surface area contributed by atoms with Crippen LogP contribution in [-0.4, -0.2) is 65.4 Å². The maximum atomic E-state index is 6.12. The number of methoxy groups -OCH3 is 1. The highest BCUT2D eigenvalue weighted by Gasteiger charge is 2.30. The number of rotatable bonds is 4. The molecule has 2 saturated heterocycles. The van der Waals surface area contributed by atoms with E-state index in [4.69, 9.17) is 15.2 Å². The predicted octanol–water partition coefficient (Wildman–Crippen LogP) is 1.17. The number of aliphatic imine (C=N–C) groups is 1. The number of ether oxygens (including phenoxy) is 2. The first-order valence-electron chi connectivity index (χ1n) is 8.34. The van der Waals surface area contributed by atoms with Gasteiger partial charge in [0.2, 0.25) is 0 Å². The van der Waals surface area contributed by atoms with Crippen LogP contribution in [0.1, 0.15) is 37.4 Å². The molecule has 3 heterocycles. The minimum absolute atomic E-state index is 0. The summed E-state index contributed by atoms with van der Waals surface area (Å²) in [5.74, 6) is 0.611. The zero-order chi connectivity index (χ0) is 16.1. The van der Waals surface area contributed by atoms with Gasteiger partial charge in [-0.2, -0.15) is 0 Å². The highest BCUT2D eigenvalue weighted by atomic mass is 127. The smallest absolute Gasteiger partial charge is 0.191 e. The van der Waals surface area contributed by atoms with E-state index in [1.807, 2.05) is 10.9 Å². The zero-order valence-electron chi connectivity index (χ0n) is 14.1. The van der Waals surface area contributed by atoms with Crippen LogP contribution in [0.3, 0.4) is 0 Å². The third-order valence-corrected chi connectivity index (χ3v) is 4.53. The summed E-state index contributed by atoms with van der Waals surface area (Å²) in [7, 11) is 1.69. The van der Waals surface area contributed by atoms with Crippen LogP contribution in [0.5, 0.6) is 0 Å². The number of nitrogens with zero attached hydrogens (tertiary/aromatic N) is 5. The van der Waals surface area contributed by atoms with Crippen molar-refractivity contribution >= 4 is 29.9 Å². The molecule has 1 aromatic rings. The minimum Gasteiger partial charge on any atom is -0.377 e. The van der Waals surface area contributed by atoms with Crippen LogP contribution >= 0.6 is 24.0 Å². The summed E-state index contributed by atoms with van der Waals surface area (Å²) >= 11 is 0. The van der Waals surface area contributed by atoms with Gasteiger partial charge in [-0.15, -0.1) is 29.1 Å². The maximum absolute atomic E-state index is 6.12. The van der Waals surface area contributed by atoms with E-state index in [0.29, 0.717) is 25.7 Å². The van der Waals surface area contributed by atoms with E-state index >= 15 is 0 Å². The van der Waals surface area contributed by atoms with Crippen LogP contribution in [0.25, 0.3) is 0 Å². The number of halogens is 1. The van der Waals surface area contributed by atoms with Crippen molar-refractivity contribution in [3.63, 3.8) is 0 Å². The van der Waals surface area contributed by atoms with Gasteiger partial charge in [-0.3, -0.25) is 0 Å². The quantitative estimate of drug-likeness (QED) is 0.421. The third kappa shape index (κ3) is 4.79. The first kappa shape index (κ1) is 19.4. The number of hydrogen-bond donors (Lipinski definition) is 1. The van der Waals surface area contributed by atoms with E-state index in [1.54, 1.807) is 7.11 Å². The Morgan fingerprint density at radius 3 is 2.79 bits per heavy atom. The average Bonchev–Trinajstić information content (AvgIpc) is 3.14. The van der Waals surface area contributed by atoms with E-state index in [0.717, 1.165) is 18.8 Å². The Bertz CT molecular complexity index is 530. The van der Waals surface area contributed by atoms with Gasteiger partial charge < -0.3 is 20.1 Å². The summed E-state index contributed by atoms with van der Waals surface area (Å²) in [5.41, 5.74) is 6.93. The number of hydrogen-bond acceptors (Lipinski definition) is 5. The van der Waals surface area contributed by atoms with E-state index in [1.165, 1.54) is 25.7 Å². The van der Waals surface area contributed by atoms with Crippen LogP contribution in [0, 0.1) is 0 Å². The van der Waals surface area contributed by atoms with Crippen molar-refractivity contribution in [2.45, 2.75) is 44.4 Å². The van der Waals surface area contributed by atoms with Crippen LogP contribution in [0.15, 0.2) is 11.2 Å². The lowest BCUT2D eigenvalue weighted by molar-refractivity contribution is 0.0661. The summed E-state index contributed by atoms with van der Waals surface area (Å²) in [6.07, 6.45) is 6.86. The molecule has 0 amide bonds. The van der Waals surface area contributed by atoms with Crippen LogP contribution in [0.2, 0.25) is 0 Å². The Morgan fingerprint density at radius 1 is 1.33 bits per heavy atom. The second-order valence-corrected chi connectivity index (χ2v) is 6.14. The molecule has 2 fully saturated rings. The van der Waals surface area contributed by atoms with Crippen molar-refractivity contribution in [1.29, 1.82) is 0 Å². The molecule has 136 valence electrons. The molecule has 3 rings (SSSR count). The lowest BCUT2D eigenvalue weighted by atomic mass is 10.2. The summed E-state index contributed by atoms with van der Waals surface area (Å²) in [4.78, 5) is 6.65. The SMILES string of the molecule is CO[C@@H]1COC[C@H]1n1cc(CN=C(N)N2CCCCCC2)nn1.I. The molecule has 0 bridgehead atoms. The number of nitrogens with two attached hydrogens (primary N) is 1. The fraction of sp³-hybridized carbons (Fsp3) is 0.800. The van der Waals surface area contributed by atoms with Gasteiger partial charge in [0.15, 0.2) is 5.96 Å².